The molecule has 1 heterocycles. The molecule has 1 aromatic rings. The molecule has 1 aromatic carbocycles. The van der Waals surface area contributed by atoms with Gasteiger partial charge in [0, 0.05) is 13.1 Å². The smallest absolute Gasteiger partial charge is 0.239 e. The van der Waals surface area contributed by atoms with Gasteiger partial charge < -0.3 is 11.1 Å². The fourth-order valence-corrected chi connectivity index (χ4v) is 3.09. The Labute approximate surface area is 138 Å². The maximum Gasteiger partial charge on any atom is 0.239 e. The lowest BCUT2D eigenvalue weighted by atomic mass is 9.93. The second-order valence-corrected chi connectivity index (χ2v) is 6.69. The molecule has 5 heteroatoms. The number of carbonyl (C=O) groups excluding carboxylic acids is 2. The van der Waals surface area contributed by atoms with E-state index >= 15 is 0 Å². The summed E-state index contributed by atoms with van der Waals surface area (Å²) in [5.41, 5.74) is 6.53. The van der Waals surface area contributed by atoms with Crippen LogP contribution in [0.15, 0.2) is 30.3 Å². The summed E-state index contributed by atoms with van der Waals surface area (Å²) in [4.78, 5) is 26.3. The van der Waals surface area contributed by atoms with Crippen LogP contribution < -0.4 is 11.1 Å². The van der Waals surface area contributed by atoms with Crippen LogP contribution in [0.1, 0.15) is 38.3 Å². The summed E-state index contributed by atoms with van der Waals surface area (Å²) in [6, 6.07) is 9.09. The molecule has 0 aliphatic carbocycles. The summed E-state index contributed by atoms with van der Waals surface area (Å²) in [5, 5.41) is 3.00. The molecule has 1 saturated heterocycles. The van der Waals surface area contributed by atoms with E-state index in [2.05, 4.69) is 19.2 Å². The van der Waals surface area contributed by atoms with Gasteiger partial charge in [0.2, 0.25) is 11.8 Å². The molecule has 1 aliphatic rings. The van der Waals surface area contributed by atoms with Crippen molar-refractivity contribution in [2.45, 2.75) is 32.7 Å². The number of rotatable bonds is 6. The highest BCUT2D eigenvalue weighted by atomic mass is 16.2. The quantitative estimate of drug-likeness (QED) is 0.838. The van der Waals surface area contributed by atoms with Crippen LogP contribution in [0.25, 0.3) is 0 Å². The number of hydrogen-bond acceptors (Lipinski definition) is 3. The Morgan fingerprint density at radius 2 is 2.00 bits per heavy atom. The molecule has 1 fully saturated rings. The minimum atomic E-state index is -0.461. The van der Waals surface area contributed by atoms with Crippen molar-refractivity contribution in [1.29, 1.82) is 0 Å². The van der Waals surface area contributed by atoms with E-state index in [9.17, 15) is 9.59 Å². The fourth-order valence-electron chi connectivity index (χ4n) is 3.09. The van der Waals surface area contributed by atoms with Crippen LogP contribution in [0.3, 0.4) is 0 Å². The molecule has 126 valence electrons. The molecule has 0 saturated carbocycles. The number of nitrogens with zero attached hydrogens (tertiary/aromatic N) is 1. The van der Waals surface area contributed by atoms with Gasteiger partial charge in [-0.25, -0.2) is 0 Å². The van der Waals surface area contributed by atoms with Crippen molar-refractivity contribution in [2.24, 2.45) is 17.6 Å². The van der Waals surface area contributed by atoms with Crippen molar-refractivity contribution in [3.05, 3.63) is 35.9 Å². The van der Waals surface area contributed by atoms with Crippen molar-refractivity contribution in [3.63, 3.8) is 0 Å². The maximum atomic E-state index is 12.3. The van der Waals surface area contributed by atoms with Crippen molar-refractivity contribution in [3.8, 4) is 0 Å². The number of nitrogens with one attached hydrogen (secondary N) is 1. The zero-order valence-electron chi connectivity index (χ0n) is 14.0. The summed E-state index contributed by atoms with van der Waals surface area (Å²) in [6.07, 6.45) is 1.76. The van der Waals surface area contributed by atoms with Crippen LogP contribution in [0.4, 0.5) is 0 Å². The lowest BCUT2D eigenvalue weighted by molar-refractivity contribution is -0.130. The number of likely N-dealkylation sites (tertiary alicyclic amines) is 1. The van der Waals surface area contributed by atoms with Crippen LogP contribution in [0.2, 0.25) is 0 Å². The molecule has 5 nitrogen and oxygen atoms in total. The monoisotopic (exact) mass is 317 g/mol. The lowest BCUT2D eigenvalue weighted by Gasteiger charge is -2.36. The highest BCUT2D eigenvalue weighted by Crippen LogP contribution is 2.27. The first kappa shape index (κ1) is 17.5. The molecule has 0 unspecified atom stereocenters. The minimum absolute atomic E-state index is 0.0759. The molecule has 3 N–H and O–H groups in total. The molecule has 0 radical (unpaired) electrons. The highest BCUT2D eigenvalue weighted by Gasteiger charge is 2.32. The van der Waals surface area contributed by atoms with E-state index < -0.39 is 6.04 Å². The number of nitrogens with two attached hydrogens (primary N) is 1. The molecule has 1 aliphatic heterocycles. The zero-order valence-corrected chi connectivity index (χ0v) is 14.0. The van der Waals surface area contributed by atoms with Gasteiger partial charge in [-0.2, -0.15) is 0 Å². The Morgan fingerprint density at radius 3 is 2.61 bits per heavy atom. The summed E-state index contributed by atoms with van der Waals surface area (Å²) >= 11 is 0. The van der Waals surface area contributed by atoms with Gasteiger partial charge in [-0.1, -0.05) is 44.2 Å². The number of amides is 2. The third-order valence-corrected chi connectivity index (χ3v) is 4.26. The van der Waals surface area contributed by atoms with E-state index in [1.165, 1.54) is 0 Å². The standard InChI is InChI=1S/C18H27N3O2/c1-13(2)11-20-18(23)15-9-6-10-21(12-15)16(17(19)22)14-7-4-3-5-8-14/h3-5,7-8,13,15-16H,6,9-12H2,1-2H3,(H2,19,22)(H,20,23)/t15-,16+/m1/s1. The molecule has 0 aromatic heterocycles. The van der Waals surface area contributed by atoms with Crippen molar-refractivity contribution in [2.75, 3.05) is 19.6 Å². The van der Waals surface area contributed by atoms with Crippen LogP contribution >= 0.6 is 0 Å². The number of piperidine rings is 1. The molecule has 2 rings (SSSR count). The van der Waals surface area contributed by atoms with Gasteiger partial charge in [-0.15, -0.1) is 0 Å². The van der Waals surface area contributed by atoms with Gasteiger partial charge in [0.15, 0.2) is 0 Å². The molecular weight excluding hydrogens is 290 g/mol. The molecule has 0 spiro atoms. The Balaban J connectivity index is 2.06. The van der Waals surface area contributed by atoms with Gasteiger partial charge in [0.05, 0.1) is 5.92 Å². The van der Waals surface area contributed by atoms with Crippen LogP contribution in [0.5, 0.6) is 0 Å². The largest absolute Gasteiger partial charge is 0.368 e. The summed E-state index contributed by atoms with van der Waals surface area (Å²) in [6.45, 7) is 6.20. The van der Waals surface area contributed by atoms with E-state index in [4.69, 9.17) is 5.73 Å². The first-order valence-electron chi connectivity index (χ1n) is 8.35. The van der Waals surface area contributed by atoms with E-state index in [1.807, 2.05) is 35.2 Å². The van der Waals surface area contributed by atoms with Crippen molar-refractivity contribution < 1.29 is 9.59 Å². The normalized spacial score (nSPS) is 20.2. The first-order chi connectivity index (χ1) is 11.0. The van der Waals surface area contributed by atoms with Crippen LogP contribution in [-0.4, -0.2) is 36.3 Å². The third-order valence-electron chi connectivity index (χ3n) is 4.26. The lowest BCUT2D eigenvalue weighted by Crippen LogP contribution is -2.47. The van der Waals surface area contributed by atoms with Crippen LogP contribution in [-0.2, 0) is 9.59 Å². The Morgan fingerprint density at radius 1 is 1.30 bits per heavy atom. The van der Waals surface area contributed by atoms with Crippen molar-refractivity contribution in [1.82, 2.24) is 10.2 Å². The van der Waals surface area contributed by atoms with Gasteiger partial charge in [0.1, 0.15) is 6.04 Å². The van der Waals surface area contributed by atoms with Gasteiger partial charge in [0.25, 0.3) is 0 Å². The molecule has 23 heavy (non-hydrogen) atoms. The van der Waals surface area contributed by atoms with Crippen molar-refractivity contribution >= 4 is 11.8 Å². The zero-order chi connectivity index (χ0) is 16.8. The molecule has 0 bridgehead atoms. The summed E-state index contributed by atoms with van der Waals surface area (Å²) in [7, 11) is 0. The van der Waals surface area contributed by atoms with Crippen LogP contribution in [0, 0.1) is 11.8 Å². The predicted molar refractivity (Wildman–Crippen MR) is 90.5 cm³/mol. The number of benzene rings is 1. The average molecular weight is 317 g/mol. The van der Waals surface area contributed by atoms with E-state index in [0.717, 1.165) is 24.9 Å². The minimum Gasteiger partial charge on any atom is -0.368 e. The highest BCUT2D eigenvalue weighted by molar-refractivity contribution is 5.82. The Hall–Kier alpha value is -1.88. The number of primary amides is 1. The van der Waals surface area contributed by atoms with E-state index in [0.29, 0.717) is 19.0 Å². The second kappa shape index (κ2) is 8.11. The molecule has 2 atom stereocenters. The maximum absolute atomic E-state index is 12.3. The van der Waals surface area contributed by atoms with Gasteiger partial charge >= 0.3 is 0 Å². The second-order valence-electron chi connectivity index (χ2n) is 6.69. The fraction of sp³-hybridized carbons (Fsp3) is 0.556. The first-order valence-corrected chi connectivity index (χ1v) is 8.35. The number of carbonyl (C=O) groups is 2. The van der Waals surface area contributed by atoms with E-state index in [1.54, 1.807) is 0 Å². The third kappa shape index (κ3) is 4.79. The topological polar surface area (TPSA) is 75.4 Å². The number of hydrogen-bond donors (Lipinski definition) is 2. The summed E-state index contributed by atoms with van der Waals surface area (Å²) < 4.78 is 0. The molecular formula is C18H27N3O2. The average Bonchev–Trinajstić information content (AvgIpc) is 2.53. The SMILES string of the molecule is CC(C)CNC(=O)[C@@H]1CCCN([C@H](C(N)=O)c2ccccc2)C1. The van der Waals surface area contributed by atoms with Gasteiger partial charge in [-0.05, 0) is 30.9 Å². The molecule has 2 amide bonds. The Kier molecular flexibility index (Phi) is 6.16. The predicted octanol–water partition coefficient (Wildman–Crippen LogP) is 1.70. The summed E-state index contributed by atoms with van der Waals surface area (Å²) in [5.74, 6) is 0.0773. The Bertz CT molecular complexity index is 530. The van der Waals surface area contributed by atoms with Gasteiger partial charge in [-0.3, -0.25) is 14.5 Å². The van der Waals surface area contributed by atoms with E-state index in [-0.39, 0.29) is 17.7 Å².